The fourth-order valence-electron chi connectivity index (χ4n) is 6.60. The molecule has 1 rings (SSSR count). The SMILES string of the molecule is CCCCCCCCCCCCCCCCC(=O)O[C@H](COC(=O)CCCCCCCCCCCCCC)CO[C@@H]1O[C@H](CO)[C@H](O)C(O)C1O. The van der Waals surface area contributed by atoms with E-state index < -0.39 is 49.4 Å². The normalized spacial score (nSPS) is 21.1. The van der Waals surface area contributed by atoms with Crippen LogP contribution >= 0.6 is 0 Å². The van der Waals surface area contributed by atoms with Crippen molar-refractivity contribution in [2.45, 2.75) is 230 Å². The zero-order valence-corrected chi connectivity index (χ0v) is 32.6. The number of carbonyl (C=O) groups is 2. The van der Waals surface area contributed by atoms with Crippen molar-refractivity contribution in [3.05, 3.63) is 0 Å². The first-order valence-corrected chi connectivity index (χ1v) is 21.1. The van der Waals surface area contributed by atoms with Gasteiger partial charge in [-0.3, -0.25) is 9.59 Å². The third-order valence-electron chi connectivity index (χ3n) is 9.99. The summed E-state index contributed by atoms with van der Waals surface area (Å²) in [4.78, 5) is 25.2. The summed E-state index contributed by atoms with van der Waals surface area (Å²) in [6.07, 6.45) is 23.9. The first kappa shape index (κ1) is 47.7. The molecule has 1 aliphatic rings. The monoisotopic (exact) mass is 731 g/mol. The lowest BCUT2D eigenvalue weighted by Crippen LogP contribution is -2.59. The van der Waals surface area contributed by atoms with Crippen LogP contribution in [-0.2, 0) is 28.5 Å². The number of aliphatic hydroxyl groups is 4. The van der Waals surface area contributed by atoms with Crippen molar-refractivity contribution in [2.75, 3.05) is 19.8 Å². The molecule has 1 aliphatic heterocycles. The second kappa shape index (κ2) is 33.3. The van der Waals surface area contributed by atoms with Gasteiger partial charge in [0.25, 0.3) is 0 Å². The minimum atomic E-state index is -1.59. The molecule has 2 unspecified atom stereocenters. The number of esters is 2. The molecule has 0 saturated carbocycles. The molecule has 0 aromatic carbocycles. The lowest BCUT2D eigenvalue weighted by molar-refractivity contribution is -0.305. The summed E-state index contributed by atoms with van der Waals surface area (Å²) in [5.41, 5.74) is 0. The highest BCUT2D eigenvalue weighted by molar-refractivity contribution is 5.70. The molecule has 51 heavy (non-hydrogen) atoms. The van der Waals surface area contributed by atoms with E-state index >= 15 is 0 Å². The number of aliphatic hydroxyl groups excluding tert-OH is 4. The van der Waals surface area contributed by atoms with E-state index in [1.165, 1.54) is 122 Å². The number of rotatable bonds is 35. The number of carbonyl (C=O) groups excluding carboxylic acids is 2. The molecule has 0 aliphatic carbocycles. The molecule has 10 nitrogen and oxygen atoms in total. The van der Waals surface area contributed by atoms with E-state index in [0.717, 1.165) is 38.5 Å². The van der Waals surface area contributed by atoms with Crippen LogP contribution in [0.3, 0.4) is 0 Å². The van der Waals surface area contributed by atoms with E-state index in [2.05, 4.69) is 13.8 Å². The van der Waals surface area contributed by atoms with Crippen LogP contribution in [0.25, 0.3) is 0 Å². The zero-order chi connectivity index (χ0) is 37.4. The Morgan fingerprint density at radius 3 is 1.33 bits per heavy atom. The van der Waals surface area contributed by atoms with E-state index in [0.29, 0.717) is 6.42 Å². The maximum absolute atomic E-state index is 12.7. The van der Waals surface area contributed by atoms with Crippen LogP contribution in [0.4, 0.5) is 0 Å². The average Bonchev–Trinajstić information content (AvgIpc) is 3.13. The van der Waals surface area contributed by atoms with Gasteiger partial charge in [-0.1, -0.05) is 168 Å². The Labute approximate surface area is 310 Å². The second-order valence-electron chi connectivity index (χ2n) is 14.8. The molecule has 1 saturated heterocycles. The Morgan fingerprint density at radius 2 is 0.922 bits per heavy atom. The first-order valence-electron chi connectivity index (χ1n) is 21.1. The molecule has 1 fully saturated rings. The summed E-state index contributed by atoms with van der Waals surface area (Å²) in [6, 6.07) is 0. The highest BCUT2D eigenvalue weighted by Crippen LogP contribution is 2.23. The molecule has 0 bridgehead atoms. The third kappa shape index (κ3) is 25.4. The third-order valence-corrected chi connectivity index (χ3v) is 9.99. The Hall–Kier alpha value is -1.30. The number of hydrogen-bond acceptors (Lipinski definition) is 10. The lowest BCUT2D eigenvalue weighted by Gasteiger charge is -2.39. The summed E-state index contributed by atoms with van der Waals surface area (Å²) in [5, 5.41) is 40.0. The highest BCUT2D eigenvalue weighted by Gasteiger charge is 2.44. The van der Waals surface area contributed by atoms with Gasteiger partial charge in [-0.05, 0) is 12.8 Å². The van der Waals surface area contributed by atoms with Crippen LogP contribution in [0.5, 0.6) is 0 Å². The highest BCUT2D eigenvalue weighted by atomic mass is 16.7. The van der Waals surface area contributed by atoms with Crippen LogP contribution in [0.2, 0.25) is 0 Å². The van der Waals surface area contributed by atoms with Crippen LogP contribution in [0, 0.1) is 0 Å². The fourth-order valence-corrected chi connectivity index (χ4v) is 6.60. The summed E-state index contributed by atoms with van der Waals surface area (Å²) in [7, 11) is 0. The van der Waals surface area contributed by atoms with Gasteiger partial charge in [-0.25, -0.2) is 0 Å². The Balaban J connectivity index is 2.35. The van der Waals surface area contributed by atoms with E-state index in [1.54, 1.807) is 0 Å². The van der Waals surface area contributed by atoms with Gasteiger partial charge in [0.15, 0.2) is 12.4 Å². The minimum Gasteiger partial charge on any atom is -0.462 e. The van der Waals surface area contributed by atoms with Gasteiger partial charge < -0.3 is 39.4 Å². The molecule has 10 heteroatoms. The molecule has 0 amide bonds. The summed E-state index contributed by atoms with van der Waals surface area (Å²) < 4.78 is 22.1. The van der Waals surface area contributed by atoms with Crippen LogP contribution < -0.4 is 0 Å². The van der Waals surface area contributed by atoms with Gasteiger partial charge >= 0.3 is 11.9 Å². The van der Waals surface area contributed by atoms with Crippen molar-refractivity contribution >= 4 is 11.9 Å². The zero-order valence-electron chi connectivity index (χ0n) is 32.6. The Bertz CT molecular complexity index is 809. The van der Waals surface area contributed by atoms with Crippen molar-refractivity contribution in [3.8, 4) is 0 Å². The van der Waals surface area contributed by atoms with Crippen LogP contribution in [0.15, 0.2) is 0 Å². The van der Waals surface area contributed by atoms with E-state index in [1.807, 2.05) is 0 Å². The molecule has 1 heterocycles. The summed E-state index contributed by atoms with van der Waals surface area (Å²) in [6.45, 7) is 3.43. The van der Waals surface area contributed by atoms with Crippen molar-refractivity contribution in [2.24, 2.45) is 0 Å². The van der Waals surface area contributed by atoms with Gasteiger partial charge in [-0.15, -0.1) is 0 Å². The van der Waals surface area contributed by atoms with E-state index in [4.69, 9.17) is 18.9 Å². The van der Waals surface area contributed by atoms with Gasteiger partial charge in [0.1, 0.15) is 31.0 Å². The standard InChI is InChI=1S/C41H78O10/c1-3-5-7-9-11-13-15-17-18-20-22-24-26-28-30-37(44)50-34(33-49-41-40(47)39(46)38(45)35(31-42)51-41)32-48-36(43)29-27-25-23-21-19-16-14-12-10-8-6-4-2/h34-35,38-42,45-47H,3-33H2,1-2H3/t34-,35-,38+,39?,40?,41-/m1/s1. The average molecular weight is 731 g/mol. The fraction of sp³-hybridized carbons (Fsp3) is 0.951. The van der Waals surface area contributed by atoms with Gasteiger partial charge in [0, 0.05) is 12.8 Å². The topological polar surface area (TPSA) is 152 Å². The first-order chi connectivity index (χ1) is 24.8. The van der Waals surface area contributed by atoms with Crippen LogP contribution in [0.1, 0.15) is 194 Å². The van der Waals surface area contributed by atoms with Crippen LogP contribution in [-0.4, -0.2) is 89.0 Å². The number of ether oxygens (including phenoxy) is 4. The molecule has 302 valence electrons. The van der Waals surface area contributed by atoms with E-state index in [-0.39, 0.29) is 32.0 Å². The maximum atomic E-state index is 12.7. The van der Waals surface area contributed by atoms with Crippen molar-refractivity contribution in [1.82, 2.24) is 0 Å². The predicted octanol–water partition coefficient (Wildman–Crippen LogP) is 8.22. The van der Waals surface area contributed by atoms with Crippen molar-refractivity contribution in [1.29, 1.82) is 0 Å². The van der Waals surface area contributed by atoms with E-state index in [9.17, 15) is 30.0 Å². The minimum absolute atomic E-state index is 0.209. The largest absolute Gasteiger partial charge is 0.462 e. The lowest BCUT2D eigenvalue weighted by atomic mass is 9.99. The molecular weight excluding hydrogens is 652 g/mol. The van der Waals surface area contributed by atoms with Crippen molar-refractivity contribution < 1.29 is 49.0 Å². The number of hydrogen-bond donors (Lipinski definition) is 4. The Kier molecular flexibility index (Phi) is 31.1. The molecule has 4 N–H and O–H groups in total. The van der Waals surface area contributed by atoms with Gasteiger partial charge in [0.05, 0.1) is 13.2 Å². The van der Waals surface area contributed by atoms with Gasteiger partial charge in [-0.2, -0.15) is 0 Å². The molecule has 0 aromatic heterocycles. The Morgan fingerprint density at radius 1 is 0.529 bits per heavy atom. The maximum Gasteiger partial charge on any atom is 0.306 e. The van der Waals surface area contributed by atoms with Crippen molar-refractivity contribution in [3.63, 3.8) is 0 Å². The van der Waals surface area contributed by atoms with Gasteiger partial charge in [0.2, 0.25) is 0 Å². The summed E-state index contributed by atoms with van der Waals surface area (Å²) >= 11 is 0. The molecule has 0 aromatic rings. The second-order valence-corrected chi connectivity index (χ2v) is 14.8. The molecule has 0 spiro atoms. The molecular formula is C41H78O10. The molecule has 0 radical (unpaired) electrons. The smallest absolute Gasteiger partial charge is 0.306 e. The number of unbranched alkanes of at least 4 members (excludes halogenated alkanes) is 24. The predicted molar refractivity (Wildman–Crippen MR) is 201 cm³/mol. The molecule has 6 atom stereocenters. The summed E-state index contributed by atoms with van der Waals surface area (Å²) in [5.74, 6) is -0.795. The quantitative estimate of drug-likeness (QED) is 0.0371.